The SMILES string of the molecule is CCCCC(=O)NCC(c1ccccc1Cl)N(CC)CC.Cl. The maximum atomic E-state index is 11.9. The maximum Gasteiger partial charge on any atom is 0.220 e. The van der Waals surface area contributed by atoms with Gasteiger partial charge in [0.2, 0.25) is 5.91 Å². The average Bonchev–Trinajstić information content (AvgIpc) is 2.50. The van der Waals surface area contributed by atoms with Crippen LogP contribution in [0.5, 0.6) is 0 Å². The third kappa shape index (κ3) is 6.55. The van der Waals surface area contributed by atoms with Crippen LogP contribution in [-0.4, -0.2) is 30.4 Å². The number of nitrogens with one attached hydrogen (secondary N) is 1. The molecule has 0 radical (unpaired) electrons. The first-order valence-electron chi connectivity index (χ1n) is 7.89. The molecule has 5 heteroatoms. The number of hydrogen-bond donors (Lipinski definition) is 1. The summed E-state index contributed by atoms with van der Waals surface area (Å²) < 4.78 is 0. The normalized spacial score (nSPS) is 11.9. The predicted molar refractivity (Wildman–Crippen MR) is 96.9 cm³/mol. The fourth-order valence-corrected chi connectivity index (χ4v) is 2.74. The number of amides is 1. The van der Waals surface area contributed by atoms with Gasteiger partial charge in [0.1, 0.15) is 0 Å². The van der Waals surface area contributed by atoms with Gasteiger partial charge in [0.05, 0.1) is 6.04 Å². The first kappa shape index (κ1) is 21.2. The van der Waals surface area contributed by atoms with Gasteiger partial charge in [-0.05, 0) is 31.1 Å². The third-order valence-corrected chi connectivity index (χ3v) is 4.11. The highest BCUT2D eigenvalue weighted by Gasteiger charge is 2.20. The first-order chi connectivity index (χ1) is 10.1. The van der Waals surface area contributed by atoms with Crippen molar-refractivity contribution in [2.75, 3.05) is 19.6 Å². The van der Waals surface area contributed by atoms with Gasteiger partial charge in [-0.1, -0.05) is 57.0 Å². The molecule has 1 amide bonds. The summed E-state index contributed by atoms with van der Waals surface area (Å²) >= 11 is 6.34. The highest BCUT2D eigenvalue weighted by atomic mass is 35.5. The maximum absolute atomic E-state index is 11.9. The van der Waals surface area contributed by atoms with E-state index >= 15 is 0 Å². The van der Waals surface area contributed by atoms with E-state index in [4.69, 9.17) is 11.6 Å². The Morgan fingerprint density at radius 2 is 1.86 bits per heavy atom. The summed E-state index contributed by atoms with van der Waals surface area (Å²) in [6.07, 6.45) is 2.58. The van der Waals surface area contributed by atoms with Crippen molar-refractivity contribution in [2.24, 2.45) is 0 Å². The summed E-state index contributed by atoms with van der Waals surface area (Å²) in [5, 5.41) is 3.81. The quantitative estimate of drug-likeness (QED) is 0.716. The molecule has 1 aromatic carbocycles. The largest absolute Gasteiger partial charge is 0.354 e. The van der Waals surface area contributed by atoms with E-state index in [1.165, 1.54) is 0 Å². The molecule has 3 nitrogen and oxygen atoms in total. The minimum Gasteiger partial charge on any atom is -0.354 e. The second-order valence-electron chi connectivity index (χ2n) is 5.17. The van der Waals surface area contributed by atoms with Gasteiger partial charge in [-0.15, -0.1) is 12.4 Å². The van der Waals surface area contributed by atoms with E-state index in [2.05, 4.69) is 31.0 Å². The molecule has 0 bridgehead atoms. The van der Waals surface area contributed by atoms with Gasteiger partial charge in [0.25, 0.3) is 0 Å². The molecule has 0 aliphatic carbocycles. The van der Waals surface area contributed by atoms with Crippen LogP contribution in [0.15, 0.2) is 24.3 Å². The van der Waals surface area contributed by atoms with Crippen LogP contribution in [0.25, 0.3) is 0 Å². The molecule has 0 saturated carbocycles. The Hall–Kier alpha value is -0.770. The van der Waals surface area contributed by atoms with Gasteiger partial charge in [-0.3, -0.25) is 9.69 Å². The lowest BCUT2D eigenvalue weighted by atomic mass is 10.0. The van der Waals surface area contributed by atoms with Crippen LogP contribution in [0, 0.1) is 0 Å². The van der Waals surface area contributed by atoms with Crippen LogP contribution >= 0.6 is 24.0 Å². The van der Waals surface area contributed by atoms with Crippen LogP contribution in [0.4, 0.5) is 0 Å². The average molecular weight is 347 g/mol. The molecule has 0 heterocycles. The number of carbonyl (C=O) groups is 1. The number of likely N-dealkylation sites (N-methyl/N-ethyl adjacent to an activating group) is 1. The fraction of sp³-hybridized carbons (Fsp3) is 0.588. The molecule has 0 aliphatic rings. The first-order valence-corrected chi connectivity index (χ1v) is 8.26. The van der Waals surface area contributed by atoms with Crippen LogP contribution in [0.2, 0.25) is 5.02 Å². The summed E-state index contributed by atoms with van der Waals surface area (Å²) in [5.74, 6) is 0.126. The van der Waals surface area contributed by atoms with Crippen molar-refractivity contribution < 1.29 is 4.79 Å². The van der Waals surface area contributed by atoms with Crippen molar-refractivity contribution in [3.8, 4) is 0 Å². The number of halogens is 2. The van der Waals surface area contributed by atoms with Gasteiger partial charge in [0, 0.05) is 18.0 Å². The lowest BCUT2D eigenvalue weighted by Crippen LogP contribution is -2.38. The summed E-state index contributed by atoms with van der Waals surface area (Å²) in [7, 11) is 0. The van der Waals surface area contributed by atoms with E-state index < -0.39 is 0 Å². The van der Waals surface area contributed by atoms with Gasteiger partial charge in [0.15, 0.2) is 0 Å². The highest BCUT2D eigenvalue weighted by Crippen LogP contribution is 2.26. The number of hydrogen-bond acceptors (Lipinski definition) is 2. The highest BCUT2D eigenvalue weighted by molar-refractivity contribution is 6.31. The van der Waals surface area contributed by atoms with Crippen LogP contribution in [0.3, 0.4) is 0 Å². The smallest absolute Gasteiger partial charge is 0.220 e. The van der Waals surface area contributed by atoms with E-state index in [0.717, 1.165) is 36.5 Å². The van der Waals surface area contributed by atoms with E-state index in [9.17, 15) is 4.79 Å². The molecule has 22 heavy (non-hydrogen) atoms. The van der Waals surface area contributed by atoms with E-state index in [-0.39, 0.29) is 24.4 Å². The molecule has 0 fully saturated rings. The van der Waals surface area contributed by atoms with E-state index in [1.54, 1.807) is 0 Å². The topological polar surface area (TPSA) is 32.3 Å². The molecular formula is C17H28Cl2N2O. The summed E-state index contributed by atoms with van der Waals surface area (Å²) in [5.41, 5.74) is 1.08. The second kappa shape index (κ2) is 11.8. The fourth-order valence-electron chi connectivity index (χ4n) is 2.48. The number of carbonyl (C=O) groups excluding carboxylic acids is 1. The number of rotatable bonds is 9. The van der Waals surface area contributed by atoms with Crippen LogP contribution in [0.1, 0.15) is 51.6 Å². The monoisotopic (exact) mass is 346 g/mol. The van der Waals surface area contributed by atoms with Gasteiger partial charge >= 0.3 is 0 Å². The molecule has 1 unspecified atom stereocenters. The van der Waals surface area contributed by atoms with Crippen LogP contribution in [-0.2, 0) is 4.79 Å². The Morgan fingerprint density at radius 3 is 2.41 bits per heavy atom. The molecule has 1 atom stereocenters. The number of nitrogens with zero attached hydrogens (tertiary/aromatic N) is 1. The van der Waals surface area contributed by atoms with Gasteiger partial charge in [-0.2, -0.15) is 0 Å². The van der Waals surface area contributed by atoms with Gasteiger partial charge < -0.3 is 5.32 Å². The van der Waals surface area contributed by atoms with Crippen molar-refractivity contribution >= 4 is 29.9 Å². The molecule has 1 aromatic rings. The van der Waals surface area contributed by atoms with Crippen LogP contribution < -0.4 is 5.32 Å². The zero-order chi connectivity index (χ0) is 15.7. The minimum absolute atomic E-state index is 0. The predicted octanol–water partition coefficient (Wildman–Crippen LogP) is 4.45. The molecular weight excluding hydrogens is 319 g/mol. The Labute approximate surface area is 145 Å². The summed E-state index contributed by atoms with van der Waals surface area (Å²) in [4.78, 5) is 14.2. The Balaban J connectivity index is 0.00000441. The lowest BCUT2D eigenvalue weighted by Gasteiger charge is -2.31. The second-order valence-corrected chi connectivity index (χ2v) is 5.57. The standard InChI is InChI=1S/C17H27ClN2O.ClH/c1-4-7-12-17(21)19-13-16(20(5-2)6-3)14-10-8-9-11-15(14)18;/h8-11,16H,4-7,12-13H2,1-3H3,(H,19,21);1H. The molecule has 1 rings (SSSR count). The molecule has 0 saturated heterocycles. The van der Waals surface area contributed by atoms with Crippen molar-refractivity contribution in [1.29, 1.82) is 0 Å². The molecule has 0 aliphatic heterocycles. The van der Waals surface area contributed by atoms with E-state index in [1.807, 2.05) is 24.3 Å². The van der Waals surface area contributed by atoms with Crippen molar-refractivity contribution in [3.05, 3.63) is 34.9 Å². The van der Waals surface area contributed by atoms with Gasteiger partial charge in [-0.25, -0.2) is 0 Å². The minimum atomic E-state index is 0. The Morgan fingerprint density at radius 1 is 1.23 bits per heavy atom. The van der Waals surface area contributed by atoms with Crippen molar-refractivity contribution in [3.63, 3.8) is 0 Å². The Kier molecular flexibility index (Phi) is 11.3. The summed E-state index contributed by atoms with van der Waals surface area (Å²) in [6, 6.07) is 8.01. The van der Waals surface area contributed by atoms with Crippen molar-refractivity contribution in [2.45, 2.75) is 46.1 Å². The van der Waals surface area contributed by atoms with Crippen molar-refractivity contribution in [1.82, 2.24) is 10.2 Å². The lowest BCUT2D eigenvalue weighted by molar-refractivity contribution is -0.121. The molecule has 126 valence electrons. The Bertz CT molecular complexity index is 436. The molecule has 1 N–H and O–H groups in total. The zero-order valence-corrected chi connectivity index (χ0v) is 15.3. The zero-order valence-electron chi connectivity index (χ0n) is 13.8. The molecule has 0 spiro atoms. The summed E-state index contributed by atoms with van der Waals surface area (Å²) in [6.45, 7) is 8.82. The van der Waals surface area contributed by atoms with E-state index in [0.29, 0.717) is 13.0 Å². The third-order valence-electron chi connectivity index (χ3n) is 3.77. The molecule has 0 aromatic heterocycles. The number of unbranched alkanes of at least 4 members (excludes halogenated alkanes) is 1. The number of benzene rings is 1.